The summed E-state index contributed by atoms with van der Waals surface area (Å²) in [5.74, 6) is -0.567. The summed E-state index contributed by atoms with van der Waals surface area (Å²) < 4.78 is 26.8. The Morgan fingerprint density at radius 1 is 0.544 bits per heavy atom. The van der Waals surface area contributed by atoms with Crippen molar-refractivity contribution in [3.05, 3.63) is 97.2 Å². The maximum Gasteiger partial charge on any atom is 0.472 e. The number of hydrogen-bond acceptors (Lipinski definition) is 7. The van der Waals surface area contributed by atoms with Crippen LogP contribution in [0.5, 0.6) is 0 Å². The fourth-order valence-electron chi connectivity index (χ4n) is 5.30. The van der Waals surface area contributed by atoms with Gasteiger partial charge in [-0.15, -0.1) is 0 Å². The molecule has 10 heteroatoms. The number of ether oxygens (including phenoxy) is 1. The first-order valence-corrected chi connectivity index (χ1v) is 23.2. The number of carbonyl (C=O) groups excluding carboxylic acids is 2. The van der Waals surface area contributed by atoms with Crippen LogP contribution in [0.15, 0.2) is 97.2 Å². The third-order valence-electron chi connectivity index (χ3n) is 8.51. The van der Waals surface area contributed by atoms with Gasteiger partial charge in [0.15, 0.2) is 0 Å². The van der Waals surface area contributed by atoms with Crippen molar-refractivity contribution in [2.24, 2.45) is 0 Å². The molecule has 0 aliphatic carbocycles. The van der Waals surface area contributed by atoms with Crippen molar-refractivity contribution in [2.75, 3.05) is 26.4 Å². The Labute approximate surface area is 346 Å². The van der Waals surface area contributed by atoms with Crippen LogP contribution in [0.2, 0.25) is 0 Å². The molecule has 0 rings (SSSR count). The monoisotopic (exact) mass is 816 g/mol. The minimum atomic E-state index is -4.43. The fraction of sp³-hybridized carbons (Fsp3) is 0.617. The second-order valence-corrected chi connectivity index (χ2v) is 15.4. The number of unbranched alkanes of at least 4 members (excludes halogenated alkanes) is 10. The molecule has 2 unspecified atom stereocenters. The number of aliphatic hydroxyl groups is 1. The lowest BCUT2D eigenvalue weighted by Gasteiger charge is -2.15. The lowest BCUT2D eigenvalue weighted by molar-refractivity contribution is -0.147. The smallest absolute Gasteiger partial charge is 0.463 e. The Morgan fingerprint density at radius 3 is 1.44 bits per heavy atom. The minimum Gasteiger partial charge on any atom is -0.463 e. The number of hydrogen-bond donors (Lipinski definition) is 3. The molecule has 0 radical (unpaired) electrons. The van der Waals surface area contributed by atoms with Gasteiger partial charge in [-0.3, -0.25) is 18.6 Å². The molecule has 0 spiro atoms. The lowest BCUT2D eigenvalue weighted by atomic mass is 10.1. The Hall–Kier alpha value is -3.07. The number of esters is 1. The van der Waals surface area contributed by atoms with Gasteiger partial charge in [0, 0.05) is 19.4 Å². The van der Waals surface area contributed by atoms with Gasteiger partial charge in [0.05, 0.1) is 13.2 Å². The third-order valence-corrected chi connectivity index (χ3v) is 9.49. The van der Waals surface area contributed by atoms with Crippen LogP contribution in [0.4, 0.5) is 0 Å². The molecule has 0 bridgehead atoms. The summed E-state index contributed by atoms with van der Waals surface area (Å²) in [4.78, 5) is 33.9. The molecule has 324 valence electrons. The highest BCUT2D eigenvalue weighted by atomic mass is 31.2. The van der Waals surface area contributed by atoms with E-state index in [1.54, 1.807) is 0 Å². The SMILES string of the molecule is CC/C=C\C/C=C\C/C=C\C/C=C\C/C=C\CCCCCCCCCC(=O)OCC(O)COP(=O)(O)OCCNC(=O)CCCCC/C=C\C/C=C\C/C=C\CC. The molecule has 2 atom stereocenters. The molecule has 0 aliphatic rings. The van der Waals surface area contributed by atoms with Crippen LogP contribution in [-0.2, 0) is 27.9 Å². The number of phosphoric acid groups is 1. The molecule has 0 heterocycles. The molecule has 1 amide bonds. The quantitative estimate of drug-likeness (QED) is 0.0242. The van der Waals surface area contributed by atoms with Crippen molar-refractivity contribution < 1.29 is 37.9 Å². The number of nitrogens with one attached hydrogen (secondary N) is 1. The van der Waals surface area contributed by atoms with Crippen LogP contribution in [0.1, 0.15) is 155 Å². The number of allylic oxidation sites excluding steroid dienone is 16. The van der Waals surface area contributed by atoms with Gasteiger partial charge in [-0.2, -0.15) is 0 Å². The van der Waals surface area contributed by atoms with Crippen molar-refractivity contribution in [3.8, 4) is 0 Å². The second kappa shape index (κ2) is 42.5. The standard InChI is InChI=1S/C47H78NO8P/c1-3-5-7-9-11-13-15-17-18-19-20-21-22-23-24-25-26-28-30-32-34-36-38-40-47(51)54-43-45(49)44-56-57(52,53)55-42-41-48-46(50)39-37-35-33-31-29-27-16-14-12-10-8-6-4-2/h5-8,11-14,17-18,20-21,23-24,27,29,45,49H,3-4,9-10,15-16,19,22,25-26,28,30-44H2,1-2H3,(H,48,50)(H,52,53)/b7-5-,8-6-,13-11-,14-12-,18-17-,21-20-,24-23-,29-27-. The van der Waals surface area contributed by atoms with Crippen LogP contribution in [-0.4, -0.2) is 54.3 Å². The molecule has 3 N–H and O–H groups in total. The minimum absolute atomic E-state index is 0.0587. The fourth-order valence-corrected chi connectivity index (χ4v) is 6.06. The van der Waals surface area contributed by atoms with E-state index in [0.717, 1.165) is 109 Å². The molecular weight excluding hydrogens is 737 g/mol. The van der Waals surface area contributed by atoms with E-state index in [4.69, 9.17) is 13.8 Å². The van der Waals surface area contributed by atoms with E-state index >= 15 is 0 Å². The summed E-state index contributed by atoms with van der Waals surface area (Å²) in [6.07, 6.45) is 54.8. The topological polar surface area (TPSA) is 131 Å². The number of carbonyl (C=O) groups is 2. The van der Waals surface area contributed by atoms with Gasteiger partial charge >= 0.3 is 13.8 Å². The Balaban J connectivity index is 3.67. The van der Waals surface area contributed by atoms with E-state index in [2.05, 4.69) is 116 Å². The first kappa shape index (κ1) is 53.9. The molecule has 0 saturated heterocycles. The average molecular weight is 816 g/mol. The summed E-state index contributed by atoms with van der Waals surface area (Å²) in [7, 11) is -4.43. The van der Waals surface area contributed by atoms with Crippen LogP contribution >= 0.6 is 7.82 Å². The van der Waals surface area contributed by atoms with E-state index < -0.39 is 26.5 Å². The lowest BCUT2D eigenvalue weighted by Crippen LogP contribution is -2.27. The largest absolute Gasteiger partial charge is 0.472 e. The van der Waals surface area contributed by atoms with E-state index in [9.17, 15) is 24.2 Å². The Morgan fingerprint density at radius 2 is 0.947 bits per heavy atom. The molecule has 0 aromatic carbocycles. The Bertz CT molecular complexity index is 1250. The van der Waals surface area contributed by atoms with Crippen molar-refractivity contribution in [2.45, 2.75) is 161 Å². The summed E-state index contributed by atoms with van der Waals surface area (Å²) >= 11 is 0. The van der Waals surface area contributed by atoms with Gasteiger partial charge in [-0.05, 0) is 89.9 Å². The second-order valence-electron chi connectivity index (χ2n) is 13.9. The van der Waals surface area contributed by atoms with Gasteiger partial charge in [0.2, 0.25) is 5.91 Å². The summed E-state index contributed by atoms with van der Waals surface area (Å²) in [6.45, 7) is 3.25. The van der Waals surface area contributed by atoms with E-state index in [1.165, 1.54) is 19.3 Å². The van der Waals surface area contributed by atoms with Gasteiger partial charge in [0.25, 0.3) is 0 Å². The molecule has 0 saturated carbocycles. The maximum atomic E-state index is 12.1. The zero-order chi connectivity index (χ0) is 41.8. The predicted molar refractivity (Wildman–Crippen MR) is 238 cm³/mol. The van der Waals surface area contributed by atoms with Gasteiger partial charge in [0.1, 0.15) is 12.7 Å². The molecule has 57 heavy (non-hydrogen) atoms. The Kier molecular flexibility index (Phi) is 40.2. The summed E-state index contributed by atoms with van der Waals surface area (Å²) in [6, 6.07) is 0. The van der Waals surface area contributed by atoms with E-state index in [0.29, 0.717) is 6.42 Å². The summed E-state index contributed by atoms with van der Waals surface area (Å²) in [5, 5.41) is 12.7. The molecule has 0 aromatic heterocycles. The zero-order valence-electron chi connectivity index (χ0n) is 35.5. The van der Waals surface area contributed by atoms with Crippen LogP contribution < -0.4 is 5.32 Å². The van der Waals surface area contributed by atoms with Crippen LogP contribution in [0.3, 0.4) is 0 Å². The van der Waals surface area contributed by atoms with E-state index in [1.807, 2.05) is 0 Å². The van der Waals surface area contributed by atoms with Crippen molar-refractivity contribution >= 4 is 19.7 Å². The molecule has 0 fully saturated rings. The molecular formula is C47H78NO8P. The van der Waals surface area contributed by atoms with Gasteiger partial charge in [-0.1, -0.05) is 150 Å². The number of rotatable bonds is 39. The van der Waals surface area contributed by atoms with Crippen LogP contribution in [0.25, 0.3) is 0 Å². The van der Waals surface area contributed by atoms with Crippen molar-refractivity contribution in [1.29, 1.82) is 0 Å². The van der Waals surface area contributed by atoms with Gasteiger partial charge in [-0.25, -0.2) is 4.57 Å². The molecule has 0 aromatic rings. The number of phosphoric ester groups is 1. The zero-order valence-corrected chi connectivity index (χ0v) is 36.4. The first-order chi connectivity index (χ1) is 27.8. The average Bonchev–Trinajstić information content (AvgIpc) is 3.20. The van der Waals surface area contributed by atoms with Crippen LogP contribution in [0, 0.1) is 0 Å². The van der Waals surface area contributed by atoms with Crippen molar-refractivity contribution in [3.63, 3.8) is 0 Å². The first-order valence-electron chi connectivity index (χ1n) is 21.7. The predicted octanol–water partition coefficient (Wildman–Crippen LogP) is 12.2. The highest BCUT2D eigenvalue weighted by molar-refractivity contribution is 7.47. The van der Waals surface area contributed by atoms with Gasteiger partial charge < -0.3 is 20.1 Å². The maximum absolute atomic E-state index is 12.1. The van der Waals surface area contributed by atoms with E-state index in [-0.39, 0.29) is 32.1 Å². The highest BCUT2D eigenvalue weighted by Crippen LogP contribution is 2.42. The summed E-state index contributed by atoms with van der Waals surface area (Å²) in [5.41, 5.74) is 0. The number of aliphatic hydroxyl groups excluding tert-OH is 1. The third kappa shape index (κ3) is 43.9. The highest BCUT2D eigenvalue weighted by Gasteiger charge is 2.23. The van der Waals surface area contributed by atoms with Crippen molar-refractivity contribution in [1.82, 2.24) is 5.32 Å². The molecule has 9 nitrogen and oxygen atoms in total. The number of amides is 1. The normalized spacial score (nSPS) is 14.2. The molecule has 0 aliphatic heterocycles.